The third-order valence-electron chi connectivity index (χ3n) is 3.40. The van der Waals surface area contributed by atoms with Crippen LogP contribution in [0.1, 0.15) is 24.3 Å². The quantitative estimate of drug-likeness (QED) is 0.897. The van der Waals surface area contributed by atoms with E-state index in [0.717, 1.165) is 35.0 Å². The van der Waals surface area contributed by atoms with Crippen molar-refractivity contribution in [1.82, 2.24) is 9.62 Å². The number of aryl methyl sites for hydroxylation is 1. The number of thiophene rings is 1. The molecule has 0 radical (unpaired) electrons. The molecule has 1 atom stereocenters. The van der Waals surface area contributed by atoms with E-state index in [1.165, 1.54) is 11.3 Å². The summed E-state index contributed by atoms with van der Waals surface area (Å²) >= 11 is 3.23. The summed E-state index contributed by atoms with van der Waals surface area (Å²) in [6.07, 6.45) is 0. The van der Waals surface area contributed by atoms with Crippen molar-refractivity contribution in [3.63, 3.8) is 0 Å². The second-order valence-corrected chi connectivity index (χ2v) is 9.40. The molecule has 0 spiro atoms. The maximum Gasteiger partial charge on any atom is 0.252 e. The molecule has 1 unspecified atom stereocenters. The van der Waals surface area contributed by atoms with Crippen LogP contribution in [0.25, 0.3) is 0 Å². The number of nitrogens with zero attached hydrogens (tertiary/aromatic N) is 1. The van der Waals surface area contributed by atoms with E-state index < -0.39 is 10.0 Å². The van der Waals surface area contributed by atoms with Crippen LogP contribution in [0.3, 0.4) is 0 Å². The third-order valence-corrected chi connectivity index (χ3v) is 8.29. The molecule has 1 aliphatic rings. The van der Waals surface area contributed by atoms with Crippen LogP contribution in [0.4, 0.5) is 0 Å². The first-order valence-electron chi connectivity index (χ1n) is 6.86. The minimum Gasteiger partial charge on any atom is -0.312 e. The smallest absolute Gasteiger partial charge is 0.252 e. The highest BCUT2D eigenvalue weighted by atomic mass is 32.2. The zero-order valence-electron chi connectivity index (χ0n) is 12.2. The number of nitrogens with one attached hydrogen (secondary N) is 1. The molecule has 7 heteroatoms. The van der Waals surface area contributed by atoms with Crippen LogP contribution >= 0.6 is 23.1 Å². The lowest BCUT2D eigenvalue weighted by Crippen LogP contribution is -2.44. The van der Waals surface area contributed by atoms with Crippen LogP contribution in [0.2, 0.25) is 0 Å². The van der Waals surface area contributed by atoms with Crippen molar-refractivity contribution in [3.8, 4) is 0 Å². The number of hydrogen-bond acceptors (Lipinski definition) is 5. The Balaban J connectivity index is 2.25. The number of thioether (sulfide) groups is 1. The van der Waals surface area contributed by atoms with Gasteiger partial charge in [-0.25, -0.2) is 8.42 Å². The average molecular weight is 335 g/mol. The Kier molecular flexibility index (Phi) is 5.53. The number of sulfonamides is 1. The molecule has 1 N–H and O–H groups in total. The van der Waals surface area contributed by atoms with Gasteiger partial charge in [-0.3, -0.25) is 0 Å². The van der Waals surface area contributed by atoms with Crippen molar-refractivity contribution >= 4 is 33.1 Å². The summed E-state index contributed by atoms with van der Waals surface area (Å²) in [6, 6.07) is 1.90. The van der Waals surface area contributed by atoms with Crippen LogP contribution in [0.15, 0.2) is 10.3 Å². The van der Waals surface area contributed by atoms with Crippen LogP contribution < -0.4 is 5.32 Å². The van der Waals surface area contributed by atoms with E-state index in [-0.39, 0.29) is 6.04 Å². The van der Waals surface area contributed by atoms with Crippen molar-refractivity contribution < 1.29 is 8.42 Å². The summed E-state index contributed by atoms with van der Waals surface area (Å²) in [4.78, 5) is 1.12. The molecule has 0 aliphatic carbocycles. The highest BCUT2D eigenvalue weighted by Gasteiger charge is 2.32. The normalized spacial score (nSPS) is 21.2. The minimum absolute atomic E-state index is 0.0818. The standard InChI is InChI=1S/C13H22N2O2S3/c1-4-14-8-12-10(2)7-13(19-12)20(16,17)15-5-6-18-9-11(15)3/h7,11,14H,4-6,8-9H2,1-3H3. The van der Waals surface area contributed by atoms with Gasteiger partial charge in [-0.05, 0) is 32.0 Å². The van der Waals surface area contributed by atoms with Gasteiger partial charge in [0.1, 0.15) is 4.21 Å². The molecular formula is C13H22N2O2S3. The molecule has 0 bridgehead atoms. The molecule has 2 heterocycles. The third kappa shape index (κ3) is 3.39. The predicted molar refractivity (Wildman–Crippen MR) is 87.1 cm³/mol. The Bertz CT molecular complexity index is 554. The Labute approximate surface area is 130 Å². The monoisotopic (exact) mass is 334 g/mol. The van der Waals surface area contributed by atoms with Gasteiger partial charge in [-0.15, -0.1) is 11.3 Å². The number of hydrogen-bond donors (Lipinski definition) is 1. The summed E-state index contributed by atoms with van der Waals surface area (Å²) in [6.45, 7) is 8.27. The highest BCUT2D eigenvalue weighted by Crippen LogP contribution is 2.31. The van der Waals surface area contributed by atoms with Gasteiger partial charge >= 0.3 is 0 Å². The molecule has 0 amide bonds. The maximum atomic E-state index is 12.7. The van der Waals surface area contributed by atoms with E-state index in [9.17, 15) is 8.42 Å². The van der Waals surface area contributed by atoms with E-state index in [4.69, 9.17) is 0 Å². The van der Waals surface area contributed by atoms with E-state index >= 15 is 0 Å². The molecule has 1 fully saturated rings. The van der Waals surface area contributed by atoms with Crippen molar-refractivity contribution in [2.24, 2.45) is 0 Å². The molecule has 4 nitrogen and oxygen atoms in total. The molecular weight excluding hydrogens is 312 g/mol. The molecule has 114 valence electrons. The van der Waals surface area contributed by atoms with Gasteiger partial charge in [-0.2, -0.15) is 16.1 Å². The van der Waals surface area contributed by atoms with Crippen LogP contribution in [-0.4, -0.2) is 43.4 Å². The summed E-state index contributed by atoms with van der Waals surface area (Å²) in [7, 11) is -3.33. The van der Waals surface area contributed by atoms with Crippen LogP contribution in [0.5, 0.6) is 0 Å². The zero-order valence-corrected chi connectivity index (χ0v) is 14.6. The van der Waals surface area contributed by atoms with E-state index in [0.29, 0.717) is 10.8 Å². The lowest BCUT2D eigenvalue weighted by Gasteiger charge is -2.31. The zero-order chi connectivity index (χ0) is 14.8. The van der Waals surface area contributed by atoms with Gasteiger partial charge in [0.05, 0.1) is 0 Å². The van der Waals surface area contributed by atoms with Crippen molar-refractivity contribution in [1.29, 1.82) is 0 Å². The minimum atomic E-state index is -3.33. The lowest BCUT2D eigenvalue weighted by atomic mass is 10.3. The first-order valence-corrected chi connectivity index (χ1v) is 10.3. The fourth-order valence-electron chi connectivity index (χ4n) is 2.21. The van der Waals surface area contributed by atoms with Gasteiger partial charge in [0.15, 0.2) is 0 Å². The first-order chi connectivity index (χ1) is 9.46. The summed E-state index contributed by atoms with van der Waals surface area (Å²) < 4.78 is 27.6. The first kappa shape index (κ1) is 16.3. The summed E-state index contributed by atoms with van der Waals surface area (Å²) in [5.74, 6) is 1.77. The number of rotatable bonds is 5. The topological polar surface area (TPSA) is 49.4 Å². The Morgan fingerprint density at radius 1 is 1.50 bits per heavy atom. The van der Waals surface area contributed by atoms with Crippen molar-refractivity contribution in [3.05, 3.63) is 16.5 Å². The fourth-order valence-corrected chi connectivity index (χ4v) is 6.76. The Morgan fingerprint density at radius 2 is 2.25 bits per heavy atom. The van der Waals surface area contributed by atoms with Crippen molar-refractivity contribution in [2.75, 3.05) is 24.6 Å². The molecule has 20 heavy (non-hydrogen) atoms. The van der Waals surface area contributed by atoms with Gasteiger partial charge in [0.25, 0.3) is 10.0 Å². The molecule has 0 saturated carbocycles. The van der Waals surface area contributed by atoms with Crippen molar-refractivity contribution in [2.45, 2.75) is 37.6 Å². The van der Waals surface area contributed by atoms with Gasteiger partial charge in [-0.1, -0.05) is 6.92 Å². The molecule has 1 aromatic heterocycles. The summed E-state index contributed by atoms with van der Waals surface area (Å²) in [5.41, 5.74) is 1.06. The molecule has 0 aromatic carbocycles. The lowest BCUT2D eigenvalue weighted by molar-refractivity contribution is 0.368. The van der Waals surface area contributed by atoms with Gasteiger partial charge in [0, 0.05) is 35.5 Å². The van der Waals surface area contributed by atoms with E-state index in [2.05, 4.69) is 5.32 Å². The van der Waals surface area contributed by atoms with Gasteiger partial charge < -0.3 is 5.32 Å². The predicted octanol–water partition coefficient (Wildman–Crippen LogP) is 2.29. The summed E-state index contributed by atoms with van der Waals surface area (Å²) in [5, 5.41) is 3.26. The second-order valence-electron chi connectivity index (χ2n) is 4.99. The maximum absolute atomic E-state index is 12.7. The van der Waals surface area contributed by atoms with E-state index in [1.54, 1.807) is 4.31 Å². The Morgan fingerprint density at radius 3 is 2.90 bits per heavy atom. The molecule has 1 aliphatic heterocycles. The largest absolute Gasteiger partial charge is 0.312 e. The fraction of sp³-hybridized carbons (Fsp3) is 0.692. The SMILES string of the molecule is CCNCc1sc(S(=O)(=O)N2CCSCC2C)cc1C. The molecule has 2 rings (SSSR count). The molecule has 1 saturated heterocycles. The van der Waals surface area contributed by atoms with Crippen LogP contribution in [0, 0.1) is 6.92 Å². The van der Waals surface area contributed by atoms with Crippen LogP contribution in [-0.2, 0) is 16.6 Å². The highest BCUT2D eigenvalue weighted by molar-refractivity contribution is 7.99. The van der Waals surface area contributed by atoms with E-state index in [1.807, 2.05) is 38.6 Å². The average Bonchev–Trinajstić information content (AvgIpc) is 2.79. The van der Waals surface area contributed by atoms with Gasteiger partial charge in [0.2, 0.25) is 0 Å². The second kappa shape index (κ2) is 6.79. The Hall–Kier alpha value is -0.0800. The molecule has 1 aromatic rings.